The lowest BCUT2D eigenvalue weighted by Crippen LogP contribution is -2.38. The third kappa shape index (κ3) is 2.89. The summed E-state index contributed by atoms with van der Waals surface area (Å²) >= 11 is 0. The Kier molecular flexibility index (Phi) is 4.33. The molecule has 1 heterocycles. The topological polar surface area (TPSA) is 66.6 Å². The monoisotopic (exact) mass is 248 g/mol. The third-order valence-corrected chi connectivity index (χ3v) is 3.52. The Hall–Kier alpha value is -1.39. The molecule has 0 saturated carbocycles. The Morgan fingerprint density at radius 2 is 2.00 bits per heavy atom. The molecule has 1 aromatic carbocycles. The first kappa shape index (κ1) is 13.1. The van der Waals surface area contributed by atoms with Crippen LogP contribution in [0.1, 0.15) is 24.0 Å². The predicted molar refractivity (Wildman–Crippen MR) is 69.9 cm³/mol. The van der Waals surface area contributed by atoms with E-state index in [0.717, 1.165) is 30.5 Å². The number of amides is 1. The van der Waals surface area contributed by atoms with Gasteiger partial charge in [-0.3, -0.25) is 4.79 Å². The first-order chi connectivity index (χ1) is 8.74. The Labute approximate surface area is 107 Å². The number of carbonyl (C=O) groups excluding carboxylic acids is 1. The molecule has 0 radical (unpaired) electrons. The minimum atomic E-state index is 0.0146. The normalized spacial score (nSPS) is 19.2. The molecule has 1 fully saturated rings. The molecule has 1 atom stereocenters. The van der Waals surface area contributed by atoms with Crippen molar-refractivity contribution in [1.29, 1.82) is 0 Å². The molecule has 0 aromatic heterocycles. The molecule has 4 heteroatoms. The van der Waals surface area contributed by atoms with Crippen LogP contribution < -0.4 is 5.73 Å². The molecule has 0 bridgehead atoms. The van der Waals surface area contributed by atoms with Gasteiger partial charge in [-0.2, -0.15) is 0 Å². The molecule has 1 aliphatic heterocycles. The standard InChI is InChI=1S/C14H20N2O2/c15-9-12-5-3-11(4-6-12)8-14(18)16-7-1-2-13(16)10-17/h3-6,13,17H,1-2,7-10,15H2. The summed E-state index contributed by atoms with van der Waals surface area (Å²) < 4.78 is 0. The van der Waals surface area contributed by atoms with Gasteiger partial charge in [-0.1, -0.05) is 24.3 Å². The number of carbonyl (C=O) groups is 1. The second kappa shape index (κ2) is 5.98. The zero-order chi connectivity index (χ0) is 13.0. The van der Waals surface area contributed by atoms with E-state index in [1.807, 2.05) is 24.3 Å². The number of hydrogen-bond acceptors (Lipinski definition) is 3. The summed E-state index contributed by atoms with van der Waals surface area (Å²) in [7, 11) is 0. The number of nitrogens with two attached hydrogens (primary N) is 1. The van der Waals surface area contributed by atoms with E-state index < -0.39 is 0 Å². The fourth-order valence-electron chi connectivity index (χ4n) is 2.42. The van der Waals surface area contributed by atoms with Crippen molar-refractivity contribution < 1.29 is 9.90 Å². The number of aliphatic hydroxyl groups excluding tert-OH is 1. The molecule has 0 spiro atoms. The van der Waals surface area contributed by atoms with Crippen LogP contribution in [0.4, 0.5) is 0 Å². The molecule has 1 amide bonds. The van der Waals surface area contributed by atoms with E-state index in [1.54, 1.807) is 4.90 Å². The average Bonchev–Trinajstić information content (AvgIpc) is 2.88. The molecule has 1 aliphatic rings. The van der Waals surface area contributed by atoms with Gasteiger partial charge in [0, 0.05) is 13.1 Å². The summed E-state index contributed by atoms with van der Waals surface area (Å²) in [5.41, 5.74) is 7.60. The molecule has 2 rings (SSSR count). The van der Waals surface area contributed by atoms with Crippen LogP contribution in [-0.4, -0.2) is 35.1 Å². The van der Waals surface area contributed by atoms with Gasteiger partial charge >= 0.3 is 0 Å². The molecule has 0 aliphatic carbocycles. The van der Waals surface area contributed by atoms with Crippen LogP contribution >= 0.6 is 0 Å². The van der Waals surface area contributed by atoms with Crippen molar-refractivity contribution in [2.24, 2.45) is 5.73 Å². The molecule has 98 valence electrons. The highest BCUT2D eigenvalue weighted by Crippen LogP contribution is 2.18. The largest absolute Gasteiger partial charge is 0.394 e. The van der Waals surface area contributed by atoms with E-state index in [4.69, 9.17) is 5.73 Å². The predicted octanol–water partition coefficient (Wildman–Crippen LogP) is 0.671. The number of hydrogen-bond donors (Lipinski definition) is 2. The van der Waals surface area contributed by atoms with E-state index in [0.29, 0.717) is 13.0 Å². The van der Waals surface area contributed by atoms with Gasteiger partial charge < -0.3 is 15.7 Å². The Bertz CT molecular complexity index is 403. The first-order valence-corrected chi connectivity index (χ1v) is 6.43. The zero-order valence-electron chi connectivity index (χ0n) is 10.5. The molecular formula is C14H20N2O2. The van der Waals surface area contributed by atoms with Crippen LogP contribution in [0.2, 0.25) is 0 Å². The fourth-order valence-corrected chi connectivity index (χ4v) is 2.42. The maximum absolute atomic E-state index is 12.1. The first-order valence-electron chi connectivity index (χ1n) is 6.43. The molecular weight excluding hydrogens is 228 g/mol. The SMILES string of the molecule is NCc1ccc(CC(=O)N2CCCC2CO)cc1. The molecule has 1 saturated heterocycles. The van der Waals surface area contributed by atoms with Crippen LogP contribution in [0.15, 0.2) is 24.3 Å². The quantitative estimate of drug-likeness (QED) is 0.823. The molecule has 3 N–H and O–H groups in total. The minimum absolute atomic E-state index is 0.0146. The summed E-state index contributed by atoms with van der Waals surface area (Å²) in [5.74, 6) is 0.104. The van der Waals surface area contributed by atoms with Crippen molar-refractivity contribution in [3.8, 4) is 0 Å². The minimum Gasteiger partial charge on any atom is -0.394 e. The smallest absolute Gasteiger partial charge is 0.227 e. The van der Waals surface area contributed by atoms with Crippen LogP contribution in [0.25, 0.3) is 0 Å². The van der Waals surface area contributed by atoms with Gasteiger partial charge in [0.1, 0.15) is 0 Å². The van der Waals surface area contributed by atoms with Crippen LogP contribution in [-0.2, 0) is 17.8 Å². The van der Waals surface area contributed by atoms with E-state index >= 15 is 0 Å². The van der Waals surface area contributed by atoms with Crippen molar-refractivity contribution >= 4 is 5.91 Å². The highest BCUT2D eigenvalue weighted by atomic mass is 16.3. The van der Waals surface area contributed by atoms with Gasteiger partial charge in [-0.05, 0) is 24.0 Å². The van der Waals surface area contributed by atoms with Gasteiger partial charge in [0.15, 0.2) is 0 Å². The summed E-state index contributed by atoms with van der Waals surface area (Å²) in [4.78, 5) is 13.9. The van der Waals surface area contributed by atoms with Gasteiger partial charge in [0.05, 0.1) is 19.1 Å². The van der Waals surface area contributed by atoms with Gasteiger partial charge in [0.25, 0.3) is 0 Å². The highest BCUT2D eigenvalue weighted by molar-refractivity contribution is 5.79. The summed E-state index contributed by atoms with van der Waals surface area (Å²) in [5, 5.41) is 9.21. The molecule has 4 nitrogen and oxygen atoms in total. The van der Waals surface area contributed by atoms with Crippen LogP contribution in [0.5, 0.6) is 0 Å². The van der Waals surface area contributed by atoms with E-state index in [1.165, 1.54) is 0 Å². The van der Waals surface area contributed by atoms with Crippen LogP contribution in [0, 0.1) is 0 Å². The van der Waals surface area contributed by atoms with Gasteiger partial charge in [-0.25, -0.2) is 0 Å². The molecule has 18 heavy (non-hydrogen) atoms. The van der Waals surface area contributed by atoms with E-state index in [2.05, 4.69) is 0 Å². The zero-order valence-corrected chi connectivity index (χ0v) is 10.5. The second-order valence-electron chi connectivity index (χ2n) is 4.76. The molecule has 1 aromatic rings. The maximum atomic E-state index is 12.1. The summed E-state index contributed by atoms with van der Waals surface area (Å²) in [6.45, 7) is 1.36. The summed E-state index contributed by atoms with van der Waals surface area (Å²) in [6.07, 6.45) is 2.30. The lowest BCUT2D eigenvalue weighted by molar-refractivity contribution is -0.131. The second-order valence-corrected chi connectivity index (χ2v) is 4.76. The van der Waals surface area contributed by atoms with Crippen molar-refractivity contribution in [3.05, 3.63) is 35.4 Å². The van der Waals surface area contributed by atoms with E-state index in [-0.39, 0.29) is 18.6 Å². The Morgan fingerprint density at radius 1 is 1.33 bits per heavy atom. The lowest BCUT2D eigenvalue weighted by Gasteiger charge is -2.23. The molecule has 1 unspecified atom stereocenters. The third-order valence-electron chi connectivity index (χ3n) is 3.52. The van der Waals surface area contributed by atoms with Gasteiger partial charge in [-0.15, -0.1) is 0 Å². The van der Waals surface area contributed by atoms with Crippen molar-refractivity contribution in [3.63, 3.8) is 0 Å². The number of nitrogens with zero attached hydrogens (tertiary/aromatic N) is 1. The Morgan fingerprint density at radius 3 is 2.61 bits per heavy atom. The van der Waals surface area contributed by atoms with Crippen molar-refractivity contribution in [1.82, 2.24) is 4.90 Å². The Balaban J connectivity index is 1.97. The van der Waals surface area contributed by atoms with Gasteiger partial charge in [0.2, 0.25) is 5.91 Å². The van der Waals surface area contributed by atoms with Crippen LogP contribution in [0.3, 0.4) is 0 Å². The fraction of sp³-hybridized carbons (Fsp3) is 0.500. The number of benzene rings is 1. The average molecular weight is 248 g/mol. The highest BCUT2D eigenvalue weighted by Gasteiger charge is 2.27. The number of rotatable bonds is 4. The number of likely N-dealkylation sites (tertiary alicyclic amines) is 1. The van der Waals surface area contributed by atoms with E-state index in [9.17, 15) is 9.90 Å². The van der Waals surface area contributed by atoms with Crippen molar-refractivity contribution in [2.75, 3.05) is 13.2 Å². The maximum Gasteiger partial charge on any atom is 0.227 e. The summed E-state index contributed by atoms with van der Waals surface area (Å²) in [6, 6.07) is 7.82. The lowest BCUT2D eigenvalue weighted by atomic mass is 10.1. The van der Waals surface area contributed by atoms with Crippen molar-refractivity contribution in [2.45, 2.75) is 31.8 Å². The number of aliphatic hydroxyl groups is 1.